The monoisotopic (exact) mass is 380 g/mol. The molecule has 0 aliphatic carbocycles. The molecule has 1 aliphatic rings. The van der Waals surface area contributed by atoms with Crippen molar-refractivity contribution < 1.29 is 14.4 Å². The van der Waals surface area contributed by atoms with Crippen molar-refractivity contribution in [3.63, 3.8) is 0 Å². The van der Waals surface area contributed by atoms with Gasteiger partial charge in [-0.25, -0.2) is 9.48 Å². The number of anilines is 1. The number of benzene rings is 1. The highest BCUT2D eigenvalue weighted by Crippen LogP contribution is 2.29. The van der Waals surface area contributed by atoms with Crippen LogP contribution in [-0.4, -0.2) is 39.1 Å². The highest BCUT2D eigenvalue weighted by molar-refractivity contribution is 6.10. The second kappa shape index (κ2) is 7.15. The van der Waals surface area contributed by atoms with Crippen molar-refractivity contribution in [1.29, 1.82) is 5.26 Å². The van der Waals surface area contributed by atoms with Gasteiger partial charge in [-0.2, -0.15) is 10.4 Å². The Bertz CT molecular complexity index is 972. The maximum atomic E-state index is 12.9. The van der Waals surface area contributed by atoms with Gasteiger partial charge in [-0.1, -0.05) is 12.1 Å². The van der Waals surface area contributed by atoms with Crippen LogP contribution in [0.1, 0.15) is 37.9 Å². The SMILES string of the molecule is CC(C)n1nccc1NC(=O)CN1C(=O)NC(C)(c2ccc(C#N)cc2)C1=O. The Hall–Kier alpha value is -3.67. The molecule has 9 nitrogen and oxygen atoms in total. The van der Waals surface area contributed by atoms with Gasteiger partial charge in [-0.05, 0) is 38.5 Å². The Kier molecular flexibility index (Phi) is 4.88. The van der Waals surface area contributed by atoms with E-state index >= 15 is 0 Å². The second-order valence-electron chi connectivity index (χ2n) is 6.94. The van der Waals surface area contributed by atoms with Gasteiger partial charge in [0.2, 0.25) is 5.91 Å². The first-order valence-electron chi connectivity index (χ1n) is 8.74. The summed E-state index contributed by atoms with van der Waals surface area (Å²) in [6.45, 7) is 4.99. The van der Waals surface area contributed by atoms with Crippen LogP contribution in [0.2, 0.25) is 0 Å². The molecule has 144 valence electrons. The van der Waals surface area contributed by atoms with E-state index in [2.05, 4.69) is 15.7 Å². The van der Waals surface area contributed by atoms with Crippen LogP contribution in [0.3, 0.4) is 0 Å². The zero-order valence-corrected chi connectivity index (χ0v) is 15.8. The third-order valence-electron chi connectivity index (χ3n) is 4.59. The fraction of sp³-hybridized carbons (Fsp3) is 0.316. The van der Waals surface area contributed by atoms with Gasteiger partial charge in [0.25, 0.3) is 5.91 Å². The van der Waals surface area contributed by atoms with Gasteiger partial charge >= 0.3 is 6.03 Å². The molecule has 1 atom stereocenters. The van der Waals surface area contributed by atoms with Gasteiger partial charge in [0.1, 0.15) is 17.9 Å². The third kappa shape index (κ3) is 3.32. The van der Waals surface area contributed by atoms with Gasteiger partial charge in [0, 0.05) is 12.1 Å². The van der Waals surface area contributed by atoms with E-state index in [4.69, 9.17) is 5.26 Å². The molecule has 0 saturated carbocycles. The van der Waals surface area contributed by atoms with Crippen LogP contribution in [0.15, 0.2) is 36.5 Å². The van der Waals surface area contributed by atoms with Crippen molar-refractivity contribution >= 4 is 23.7 Å². The molecule has 1 unspecified atom stereocenters. The molecule has 28 heavy (non-hydrogen) atoms. The first kappa shape index (κ1) is 19.1. The van der Waals surface area contributed by atoms with Crippen molar-refractivity contribution in [2.75, 3.05) is 11.9 Å². The van der Waals surface area contributed by atoms with Crippen LogP contribution in [0.5, 0.6) is 0 Å². The zero-order valence-electron chi connectivity index (χ0n) is 15.8. The number of urea groups is 1. The van der Waals surface area contributed by atoms with Gasteiger partial charge in [0.15, 0.2) is 0 Å². The molecule has 0 radical (unpaired) electrons. The van der Waals surface area contributed by atoms with Gasteiger partial charge in [0.05, 0.1) is 17.8 Å². The van der Waals surface area contributed by atoms with Crippen molar-refractivity contribution in [3.8, 4) is 6.07 Å². The van der Waals surface area contributed by atoms with Gasteiger partial charge in [-0.3, -0.25) is 14.5 Å². The molecule has 1 aromatic carbocycles. The number of nitrogens with one attached hydrogen (secondary N) is 2. The Labute approximate surface area is 161 Å². The predicted octanol–water partition coefficient (Wildman–Crippen LogP) is 1.74. The lowest BCUT2D eigenvalue weighted by atomic mass is 9.91. The van der Waals surface area contributed by atoms with E-state index in [0.29, 0.717) is 16.9 Å². The Morgan fingerprint density at radius 3 is 2.57 bits per heavy atom. The molecule has 2 N–H and O–H groups in total. The number of imide groups is 1. The number of nitriles is 1. The topological polar surface area (TPSA) is 120 Å². The van der Waals surface area contributed by atoms with Crippen LogP contribution in [0.4, 0.5) is 10.6 Å². The number of rotatable bonds is 5. The van der Waals surface area contributed by atoms with E-state index in [9.17, 15) is 14.4 Å². The zero-order chi connectivity index (χ0) is 20.5. The van der Waals surface area contributed by atoms with E-state index in [1.165, 1.54) is 0 Å². The highest BCUT2D eigenvalue weighted by atomic mass is 16.2. The first-order valence-corrected chi connectivity index (χ1v) is 8.74. The summed E-state index contributed by atoms with van der Waals surface area (Å²) in [4.78, 5) is 38.5. The van der Waals surface area contributed by atoms with Crippen molar-refractivity contribution in [3.05, 3.63) is 47.7 Å². The molecule has 0 spiro atoms. The molecule has 3 rings (SSSR count). The van der Waals surface area contributed by atoms with Crippen LogP contribution in [0.25, 0.3) is 0 Å². The summed E-state index contributed by atoms with van der Waals surface area (Å²) in [6.07, 6.45) is 1.56. The molecule has 0 bridgehead atoms. The summed E-state index contributed by atoms with van der Waals surface area (Å²) in [5, 5.41) is 18.3. The maximum Gasteiger partial charge on any atom is 0.325 e. The Morgan fingerprint density at radius 2 is 1.96 bits per heavy atom. The predicted molar refractivity (Wildman–Crippen MR) is 100.0 cm³/mol. The molecule has 1 aliphatic heterocycles. The summed E-state index contributed by atoms with van der Waals surface area (Å²) in [5.41, 5.74) is -0.321. The number of carbonyl (C=O) groups is 3. The summed E-state index contributed by atoms with van der Waals surface area (Å²) in [5.74, 6) is -0.549. The Balaban J connectivity index is 1.75. The van der Waals surface area contributed by atoms with E-state index in [1.54, 1.807) is 48.1 Å². The van der Waals surface area contributed by atoms with Crippen LogP contribution < -0.4 is 10.6 Å². The van der Waals surface area contributed by atoms with Crippen LogP contribution in [0, 0.1) is 11.3 Å². The molecular weight excluding hydrogens is 360 g/mol. The highest BCUT2D eigenvalue weighted by Gasteiger charge is 2.49. The molecule has 1 saturated heterocycles. The normalized spacial score (nSPS) is 18.9. The lowest BCUT2D eigenvalue weighted by molar-refractivity contribution is -0.133. The minimum absolute atomic E-state index is 0.0432. The number of hydrogen-bond donors (Lipinski definition) is 2. The van der Waals surface area contributed by atoms with Crippen molar-refractivity contribution in [2.24, 2.45) is 0 Å². The van der Waals surface area contributed by atoms with Gasteiger partial charge < -0.3 is 10.6 Å². The lowest BCUT2D eigenvalue weighted by Crippen LogP contribution is -2.42. The minimum Gasteiger partial charge on any atom is -0.319 e. The minimum atomic E-state index is -1.30. The van der Waals surface area contributed by atoms with Gasteiger partial charge in [-0.15, -0.1) is 0 Å². The molecular formula is C19H20N6O3. The van der Waals surface area contributed by atoms with E-state index in [0.717, 1.165) is 4.90 Å². The largest absolute Gasteiger partial charge is 0.325 e. The number of hydrogen-bond acceptors (Lipinski definition) is 5. The summed E-state index contributed by atoms with van der Waals surface area (Å²) in [6, 6.07) is 9.41. The first-order chi connectivity index (χ1) is 13.3. The molecule has 1 fully saturated rings. The lowest BCUT2D eigenvalue weighted by Gasteiger charge is -2.22. The maximum absolute atomic E-state index is 12.9. The molecule has 1 aromatic heterocycles. The summed E-state index contributed by atoms with van der Waals surface area (Å²) in [7, 11) is 0. The third-order valence-corrected chi connectivity index (χ3v) is 4.59. The molecule has 2 heterocycles. The Morgan fingerprint density at radius 1 is 1.29 bits per heavy atom. The van der Waals surface area contributed by atoms with Crippen molar-refractivity contribution in [1.82, 2.24) is 20.0 Å². The average Bonchev–Trinajstić information content (AvgIpc) is 3.21. The standard InChI is InChI=1S/C19H20N6O3/c1-12(2)25-15(8-9-21-25)22-16(26)11-24-17(27)19(3,23-18(24)28)14-6-4-13(10-20)5-7-14/h4-9,12H,11H2,1-3H3,(H,22,26)(H,23,28). The number of aromatic nitrogens is 2. The van der Waals surface area contributed by atoms with Crippen LogP contribution >= 0.6 is 0 Å². The summed E-state index contributed by atoms with van der Waals surface area (Å²) >= 11 is 0. The van der Waals surface area contributed by atoms with Crippen molar-refractivity contribution in [2.45, 2.75) is 32.4 Å². The van der Waals surface area contributed by atoms with E-state index in [1.807, 2.05) is 19.9 Å². The molecule has 9 heteroatoms. The average molecular weight is 380 g/mol. The molecule has 4 amide bonds. The number of amides is 4. The quantitative estimate of drug-likeness (QED) is 0.766. The number of carbonyl (C=O) groups excluding carboxylic acids is 3. The second-order valence-corrected chi connectivity index (χ2v) is 6.94. The molecule has 2 aromatic rings. The smallest absolute Gasteiger partial charge is 0.319 e. The fourth-order valence-electron chi connectivity index (χ4n) is 3.07. The van der Waals surface area contributed by atoms with E-state index in [-0.39, 0.29) is 6.04 Å². The number of nitrogens with zero attached hydrogens (tertiary/aromatic N) is 4. The summed E-state index contributed by atoms with van der Waals surface area (Å²) < 4.78 is 1.63. The fourth-order valence-corrected chi connectivity index (χ4v) is 3.07. The van der Waals surface area contributed by atoms with E-state index < -0.39 is 29.9 Å². The van der Waals surface area contributed by atoms with Crippen LogP contribution in [-0.2, 0) is 15.1 Å².